The number of nitrogens with two attached hydrogens (primary N) is 1. The summed E-state index contributed by atoms with van der Waals surface area (Å²) < 4.78 is 13.4. The number of amides is 2. The first kappa shape index (κ1) is 27.1. The fourth-order valence-electron chi connectivity index (χ4n) is 6.06. The highest BCUT2D eigenvalue weighted by atomic mass is 35.5. The Morgan fingerprint density at radius 2 is 1.71 bits per heavy atom. The summed E-state index contributed by atoms with van der Waals surface area (Å²) in [7, 11) is 0. The van der Waals surface area contributed by atoms with Crippen LogP contribution in [-0.4, -0.2) is 51.7 Å². The van der Waals surface area contributed by atoms with Gasteiger partial charge in [-0.3, -0.25) is 9.59 Å². The number of aromatic nitrogens is 2. The van der Waals surface area contributed by atoms with Crippen LogP contribution < -0.4 is 5.73 Å². The number of ether oxygens (including phenoxy) is 1. The third-order valence-corrected chi connectivity index (χ3v) is 8.01. The molecule has 3 aromatic carbocycles. The molecule has 5 aromatic rings. The van der Waals surface area contributed by atoms with Crippen molar-refractivity contribution in [2.24, 2.45) is 5.73 Å². The number of nitrogens with zero attached hydrogens (tertiary/aromatic N) is 3. The smallest absolute Gasteiger partial charge is 0.254 e. The number of aryl methyl sites for hydroxylation is 2. The normalized spacial score (nSPS) is 17.4. The fourth-order valence-corrected chi connectivity index (χ4v) is 6.19. The Morgan fingerprint density at radius 3 is 2.34 bits per heavy atom. The van der Waals surface area contributed by atoms with E-state index in [1.165, 1.54) is 0 Å². The molecule has 1 saturated heterocycles. The van der Waals surface area contributed by atoms with Crippen LogP contribution in [0.25, 0.3) is 32.9 Å². The fraction of sp³-hybridized carbons (Fsp3) is 0.281. The number of rotatable bonds is 5. The molecule has 0 spiro atoms. The number of halogens is 1. The third-order valence-electron chi connectivity index (χ3n) is 7.76. The Hall–Kier alpha value is -4.14. The van der Waals surface area contributed by atoms with E-state index in [9.17, 15) is 9.59 Å². The van der Waals surface area contributed by atoms with Crippen LogP contribution >= 0.6 is 11.6 Å². The van der Waals surface area contributed by atoms with Crippen molar-refractivity contribution in [1.82, 2.24) is 14.6 Å². The van der Waals surface area contributed by atoms with E-state index in [1.54, 1.807) is 6.07 Å². The monoisotopic (exact) mass is 570 g/mol. The van der Waals surface area contributed by atoms with Gasteiger partial charge in [0.2, 0.25) is 5.91 Å². The molecule has 1 aliphatic rings. The first-order chi connectivity index (χ1) is 19.6. The zero-order valence-corrected chi connectivity index (χ0v) is 24.2. The Kier molecular flexibility index (Phi) is 6.83. The second kappa shape index (κ2) is 10.4. The second-order valence-corrected chi connectivity index (χ2v) is 11.3. The topological polar surface area (TPSA) is 104 Å². The summed E-state index contributed by atoms with van der Waals surface area (Å²) in [4.78, 5) is 28.4. The molecule has 9 heteroatoms. The van der Waals surface area contributed by atoms with Crippen LogP contribution in [-0.2, 0) is 11.3 Å². The summed E-state index contributed by atoms with van der Waals surface area (Å²) in [6.45, 7) is 9.22. The van der Waals surface area contributed by atoms with E-state index in [0.717, 1.165) is 38.8 Å². The van der Waals surface area contributed by atoms with Crippen molar-refractivity contribution in [3.63, 3.8) is 0 Å². The molecule has 2 N–H and O–H groups in total. The highest BCUT2D eigenvalue weighted by Gasteiger charge is 2.28. The summed E-state index contributed by atoms with van der Waals surface area (Å²) in [6, 6.07) is 17.2. The van der Waals surface area contributed by atoms with Gasteiger partial charge in [0.05, 0.1) is 23.4 Å². The maximum Gasteiger partial charge on any atom is 0.254 e. The highest BCUT2D eigenvalue weighted by Crippen LogP contribution is 2.38. The summed E-state index contributed by atoms with van der Waals surface area (Å²) in [5.74, 6) is 0.0293. The van der Waals surface area contributed by atoms with Gasteiger partial charge in [0.15, 0.2) is 0 Å². The molecule has 0 unspecified atom stereocenters. The zero-order chi connectivity index (χ0) is 29.0. The Balaban J connectivity index is 1.59. The van der Waals surface area contributed by atoms with Crippen molar-refractivity contribution in [1.29, 1.82) is 0 Å². The number of hydrogen-bond donors (Lipinski definition) is 1. The van der Waals surface area contributed by atoms with Crippen molar-refractivity contribution < 1.29 is 18.8 Å². The average Bonchev–Trinajstić information content (AvgIpc) is 3.43. The Labute approximate surface area is 242 Å². The first-order valence-corrected chi connectivity index (χ1v) is 14.0. The van der Waals surface area contributed by atoms with E-state index < -0.39 is 5.91 Å². The van der Waals surface area contributed by atoms with E-state index in [-0.39, 0.29) is 18.1 Å². The minimum atomic E-state index is -0.554. The molecule has 0 bridgehead atoms. The zero-order valence-electron chi connectivity index (χ0n) is 23.4. The van der Waals surface area contributed by atoms with Gasteiger partial charge in [-0.2, -0.15) is 0 Å². The van der Waals surface area contributed by atoms with Crippen LogP contribution in [0.5, 0.6) is 0 Å². The summed E-state index contributed by atoms with van der Waals surface area (Å²) in [5, 5.41) is 6.26. The van der Waals surface area contributed by atoms with Crippen molar-refractivity contribution in [2.45, 2.75) is 46.4 Å². The van der Waals surface area contributed by atoms with Gasteiger partial charge in [0, 0.05) is 57.6 Å². The van der Waals surface area contributed by atoms with Crippen LogP contribution in [0.1, 0.15) is 51.6 Å². The summed E-state index contributed by atoms with van der Waals surface area (Å²) in [5.41, 5.74) is 12.0. The minimum Gasteiger partial charge on any atom is -0.372 e. The maximum atomic E-state index is 13.6. The lowest BCUT2D eigenvalue weighted by atomic mass is 9.97. The molecule has 2 atom stereocenters. The molecule has 210 valence electrons. The lowest BCUT2D eigenvalue weighted by molar-refractivity contribution is -0.0586. The molecule has 0 radical (unpaired) electrons. The average molecular weight is 571 g/mol. The maximum absolute atomic E-state index is 13.6. The van der Waals surface area contributed by atoms with Crippen molar-refractivity contribution >= 4 is 45.2 Å². The first-order valence-electron chi connectivity index (χ1n) is 13.6. The largest absolute Gasteiger partial charge is 0.372 e. The molecule has 1 aliphatic heterocycles. The summed E-state index contributed by atoms with van der Waals surface area (Å²) in [6.07, 6.45) is -0.0890. The SMILES string of the molecule is Cc1noc(C)c1-c1cc(C(N)=O)c2c3cc(C(=O)N4C[C@@H](C)O[C@@H](C)C4)ccc3n(Cc3ccc(Cl)cc3)c2c1. The van der Waals surface area contributed by atoms with Crippen LogP contribution in [0, 0.1) is 13.8 Å². The lowest BCUT2D eigenvalue weighted by Gasteiger charge is -2.35. The molecule has 6 rings (SSSR count). The number of carbonyl (C=O) groups is 2. The van der Waals surface area contributed by atoms with E-state index in [2.05, 4.69) is 9.72 Å². The van der Waals surface area contributed by atoms with Gasteiger partial charge in [0.25, 0.3) is 5.91 Å². The number of hydrogen-bond acceptors (Lipinski definition) is 5. The van der Waals surface area contributed by atoms with Gasteiger partial charge in [0.1, 0.15) is 5.76 Å². The van der Waals surface area contributed by atoms with Crippen LogP contribution in [0.3, 0.4) is 0 Å². The highest BCUT2D eigenvalue weighted by molar-refractivity contribution is 6.30. The van der Waals surface area contributed by atoms with Crippen molar-refractivity contribution in [3.8, 4) is 11.1 Å². The molecular formula is C32H31ClN4O4. The van der Waals surface area contributed by atoms with Crippen LogP contribution in [0.15, 0.2) is 59.1 Å². The van der Waals surface area contributed by atoms with Crippen LogP contribution in [0.2, 0.25) is 5.02 Å². The van der Waals surface area contributed by atoms with Gasteiger partial charge in [-0.15, -0.1) is 0 Å². The lowest BCUT2D eigenvalue weighted by Crippen LogP contribution is -2.48. The third kappa shape index (κ3) is 4.87. The minimum absolute atomic E-state index is 0.0445. The quantitative estimate of drug-likeness (QED) is 0.274. The molecule has 3 heterocycles. The molecule has 1 fully saturated rings. The van der Waals surface area contributed by atoms with Gasteiger partial charge in [-0.25, -0.2) is 0 Å². The van der Waals surface area contributed by atoms with E-state index in [4.69, 9.17) is 26.6 Å². The van der Waals surface area contributed by atoms with Gasteiger partial charge in [-0.05, 0) is 81.3 Å². The van der Waals surface area contributed by atoms with E-state index in [0.29, 0.717) is 46.9 Å². The standard InChI is InChI=1S/C32H31ClN4O4/c1-17-14-36(15-18(2)40-17)32(39)22-7-10-27-25(11-22)30-26(31(34)38)12-23(29-19(3)35-41-20(29)4)13-28(30)37(27)16-21-5-8-24(33)9-6-21/h5-13,17-18H,14-16H2,1-4H3,(H2,34,38)/t17-,18+. The van der Waals surface area contributed by atoms with Crippen molar-refractivity contribution in [2.75, 3.05) is 13.1 Å². The molecular weight excluding hydrogens is 540 g/mol. The number of primary amides is 1. The molecule has 0 aliphatic carbocycles. The Bertz CT molecular complexity index is 1790. The van der Waals surface area contributed by atoms with E-state index >= 15 is 0 Å². The van der Waals surface area contributed by atoms with Gasteiger partial charge in [-0.1, -0.05) is 28.9 Å². The van der Waals surface area contributed by atoms with E-state index in [1.807, 2.05) is 81.1 Å². The van der Waals surface area contributed by atoms with Gasteiger partial charge >= 0.3 is 0 Å². The second-order valence-electron chi connectivity index (χ2n) is 10.9. The summed E-state index contributed by atoms with van der Waals surface area (Å²) >= 11 is 6.16. The van der Waals surface area contributed by atoms with Gasteiger partial charge < -0.3 is 24.5 Å². The number of benzene rings is 3. The predicted molar refractivity (Wildman–Crippen MR) is 159 cm³/mol. The molecule has 0 saturated carbocycles. The molecule has 2 aromatic heterocycles. The number of morpholine rings is 1. The van der Waals surface area contributed by atoms with Crippen molar-refractivity contribution in [3.05, 3.63) is 87.8 Å². The van der Waals surface area contributed by atoms with Crippen LogP contribution in [0.4, 0.5) is 0 Å². The molecule has 41 heavy (non-hydrogen) atoms. The molecule has 8 nitrogen and oxygen atoms in total. The number of carbonyl (C=O) groups excluding carboxylic acids is 2. The molecule has 2 amide bonds. The predicted octanol–water partition coefficient (Wildman–Crippen LogP) is 6.12. The Morgan fingerprint density at radius 1 is 1.00 bits per heavy atom. The number of fused-ring (bicyclic) bond motifs is 3.